The van der Waals surface area contributed by atoms with Crippen molar-refractivity contribution < 1.29 is 9.90 Å². The Kier molecular flexibility index (Phi) is 5.20. The van der Waals surface area contributed by atoms with Crippen molar-refractivity contribution >= 4 is 5.91 Å². The molecule has 2 rings (SSSR count). The van der Waals surface area contributed by atoms with E-state index in [0.29, 0.717) is 12.5 Å². The van der Waals surface area contributed by atoms with E-state index in [0.717, 1.165) is 31.7 Å². The van der Waals surface area contributed by atoms with Crippen LogP contribution in [0.3, 0.4) is 0 Å². The van der Waals surface area contributed by atoms with Gasteiger partial charge in [-0.05, 0) is 37.6 Å². The molecular weight excluding hydrogens is 266 g/mol. The van der Waals surface area contributed by atoms with Crippen molar-refractivity contribution in [3.63, 3.8) is 0 Å². The lowest BCUT2D eigenvalue weighted by atomic mass is 10.0. The van der Waals surface area contributed by atoms with E-state index < -0.39 is 6.04 Å². The van der Waals surface area contributed by atoms with Gasteiger partial charge < -0.3 is 15.7 Å². The molecule has 1 unspecified atom stereocenters. The number of phenolic OH excluding ortho intramolecular Hbond substituents is 1. The molecule has 1 aromatic rings. The van der Waals surface area contributed by atoms with Gasteiger partial charge in [0.15, 0.2) is 0 Å². The van der Waals surface area contributed by atoms with Crippen LogP contribution in [0.25, 0.3) is 0 Å². The predicted molar refractivity (Wildman–Crippen MR) is 83.1 cm³/mol. The summed E-state index contributed by atoms with van der Waals surface area (Å²) in [5.41, 5.74) is 7.03. The second-order valence-electron chi connectivity index (χ2n) is 5.74. The zero-order valence-electron chi connectivity index (χ0n) is 12.8. The molecule has 2 atom stereocenters. The molecule has 3 N–H and O–H groups in total. The minimum Gasteiger partial charge on any atom is -0.508 e. The number of hydrogen-bond acceptors (Lipinski definition) is 4. The summed E-state index contributed by atoms with van der Waals surface area (Å²) in [5.74, 6) is 0.244. The number of nitrogens with two attached hydrogens (primary N) is 1. The molecule has 1 heterocycles. The van der Waals surface area contributed by atoms with Gasteiger partial charge in [-0.15, -0.1) is 0 Å². The lowest BCUT2D eigenvalue weighted by molar-refractivity contribution is -0.135. The summed E-state index contributed by atoms with van der Waals surface area (Å²) in [6, 6.07) is 6.72. The van der Waals surface area contributed by atoms with E-state index in [1.165, 1.54) is 0 Å². The first kappa shape index (κ1) is 15.8. The number of aromatic hydroxyl groups is 1. The maximum Gasteiger partial charge on any atom is 0.239 e. The van der Waals surface area contributed by atoms with Crippen LogP contribution in [0.4, 0.5) is 0 Å². The number of benzene rings is 1. The number of nitrogens with zero attached hydrogens (tertiary/aromatic N) is 2. The number of amides is 1. The summed E-state index contributed by atoms with van der Waals surface area (Å²) < 4.78 is 0. The maximum absolute atomic E-state index is 12.4. The average Bonchev–Trinajstić information content (AvgIpc) is 2.48. The van der Waals surface area contributed by atoms with Crippen LogP contribution >= 0.6 is 0 Å². The van der Waals surface area contributed by atoms with Gasteiger partial charge in [-0.3, -0.25) is 9.69 Å². The molecule has 5 heteroatoms. The first-order valence-corrected chi connectivity index (χ1v) is 7.57. The van der Waals surface area contributed by atoms with Gasteiger partial charge in [-0.1, -0.05) is 19.1 Å². The third kappa shape index (κ3) is 3.95. The minimum atomic E-state index is -0.519. The summed E-state index contributed by atoms with van der Waals surface area (Å²) in [6.07, 6.45) is 0.501. The highest BCUT2D eigenvalue weighted by molar-refractivity contribution is 5.82. The van der Waals surface area contributed by atoms with Gasteiger partial charge in [0.25, 0.3) is 0 Å². The molecule has 1 aliphatic rings. The molecule has 0 bridgehead atoms. The first-order valence-electron chi connectivity index (χ1n) is 7.57. The van der Waals surface area contributed by atoms with Crippen LogP contribution in [0, 0.1) is 0 Å². The molecule has 0 aliphatic carbocycles. The molecule has 1 aromatic carbocycles. The van der Waals surface area contributed by atoms with Crippen molar-refractivity contribution in [1.29, 1.82) is 0 Å². The number of likely N-dealkylation sites (N-methyl/N-ethyl adjacent to an activating group) is 1. The highest BCUT2D eigenvalue weighted by Crippen LogP contribution is 2.13. The Morgan fingerprint density at radius 1 is 1.38 bits per heavy atom. The molecule has 0 spiro atoms. The van der Waals surface area contributed by atoms with Crippen molar-refractivity contribution in [1.82, 2.24) is 9.80 Å². The predicted octanol–water partition coefficient (Wildman–Crippen LogP) is 0.815. The lowest BCUT2D eigenvalue weighted by Crippen LogP contribution is -2.56. The van der Waals surface area contributed by atoms with Crippen LogP contribution < -0.4 is 5.73 Å². The van der Waals surface area contributed by atoms with Crippen LogP contribution in [0.5, 0.6) is 5.75 Å². The van der Waals surface area contributed by atoms with Crippen LogP contribution in [0.1, 0.15) is 19.4 Å². The average molecular weight is 291 g/mol. The number of carbonyl (C=O) groups excluding carboxylic acids is 1. The first-order chi connectivity index (χ1) is 10.0. The highest BCUT2D eigenvalue weighted by atomic mass is 16.3. The van der Waals surface area contributed by atoms with Gasteiger partial charge in [0, 0.05) is 25.7 Å². The van der Waals surface area contributed by atoms with Crippen LogP contribution in [0.2, 0.25) is 0 Å². The summed E-state index contributed by atoms with van der Waals surface area (Å²) in [4.78, 5) is 16.7. The lowest BCUT2D eigenvalue weighted by Gasteiger charge is -2.40. The van der Waals surface area contributed by atoms with Crippen molar-refractivity contribution in [3.8, 4) is 5.75 Å². The quantitative estimate of drug-likeness (QED) is 0.861. The minimum absolute atomic E-state index is 0.0191. The third-order valence-corrected chi connectivity index (χ3v) is 4.19. The van der Waals surface area contributed by atoms with Gasteiger partial charge in [0.1, 0.15) is 5.75 Å². The Morgan fingerprint density at radius 2 is 2.05 bits per heavy atom. The van der Waals surface area contributed by atoms with Gasteiger partial charge in [-0.2, -0.15) is 0 Å². The fraction of sp³-hybridized carbons (Fsp3) is 0.562. The number of hydrogen-bond donors (Lipinski definition) is 2. The van der Waals surface area contributed by atoms with E-state index in [1.54, 1.807) is 24.3 Å². The van der Waals surface area contributed by atoms with E-state index in [-0.39, 0.29) is 11.7 Å². The van der Waals surface area contributed by atoms with E-state index in [9.17, 15) is 9.90 Å². The molecule has 0 radical (unpaired) electrons. The number of rotatable bonds is 4. The molecule has 21 heavy (non-hydrogen) atoms. The molecule has 1 amide bonds. The van der Waals surface area contributed by atoms with Crippen molar-refractivity contribution in [2.75, 3.05) is 26.2 Å². The Labute approximate surface area is 126 Å². The molecule has 116 valence electrons. The van der Waals surface area contributed by atoms with Crippen molar-refractivity contribution in [2.45, 2.75) is 32.4 Å². The SMILES string of the molecule is CCN1CCN(C(=O)[C@@H](N)Cc2ccc(O)cc2)CC1C. The highest BCUT2D eigenvalue weighted by Gasteiger charge is 2.28. The van der Waals surface area contributed by atoms with Crippen molar-refractivity contribution in [3.05, 3.63) is 29.8 Å². The third-order valence-electron chi connectivity index (χ3n) is 4.19. The van der Waals surface area contributed by atoms with E-state index in [4.69, 9.17) is 5.73 Å². The van der Waals surface area contributed by atoms with Crippen molar-refractivity contribution in [2.24, 2.45) is 5.73 Å². The largest absolute Gasteiger partial charge is 0.508 e. The Bertz CT molecular complexity index is 475. The Balaban J connectivity index is 1.92. The van der Waals surface area contributed by atoms with Gasteiger partial charge in [-0.25, -0.2) is 0 Å². The topological polar surface area (TPSA) is 69.8 Å². The monoisotopic (exact) mass is 291 g/mol. The Morgan fingerprint density at radius 3 is 2.62 bits per heavy atom. The molecular formula is C16H25N3O2. The fourth-order valence-electron chi connectivity index (χ4n) is 2.87. The molecule has 1 saturated heterocycles. The zero-order valence-corrected chi connectivity index (χ0v) is 12.8. The van der Waals surface area contributed by atoms with Gasteiger partial charge in [0.2, 0.25) is 5.91 Å². The van der Waals surface area contributed by atoms with Crippen LogP contribution in [-0.2, 0) is 11.2 Å². The summed E-state index contributed by atoms with van der Waals surface area (Å²) >= 11 is 0. The second kappa shape index (κ2) is 6.91. The van der Waals surface area contributed by atoms with Crippen LogP contribution in [0.15, 0.2) is 24.3 Å². The smallest absolute Gasteiger partial charge is 0.239 e. The van der Waals surface area contributed by atoms with Crippen LogP contribution in [-0.4, -0.2) is 59.1 Å². The molecule has 5 nitrogen and oxygen atoms in total. The summed E-state index contributed by atoms with van der Waals surface area (Å²) in [5, 5.41) is 9.27. The zero-order chi connectivity index (χ0) is 15.4. The summed E-state index contributed by atoms with van der Waals surface area (Å²) in [7, 11) is 0. The van der Waals surface area contributed by atoms with E-state index in [1.807, 2.05) is 4.90 Å². The fourth-order valence-corrected chi connectivity index (χ4v) is 2.87. The Hall–Kier alpha value is -1.59. The molecule has 1 fully saturated rings. The number of phenols is 1. The van der Waals surface area contributed by atoms with Gasteiger partial charge in [0.05, 0.1) is 6.04 Å². The van der Waals surface area contributed by atoms with E-state index in [2.05, 4.69) is 18.7 Å². The molecule has 0 aromatic heterocycles. The summed E-state index contributed by atoms with van der Waals surface area (Å²) in [6.45, 7) is 7.72. The number of piperazine rings is 1. The van der Waals surface area contributed by atoms with Gasteiger partial charge >= 0.3 is 0 Å². The maximum atomic E-state index is 12.4. The normalized spacial score (nSPS) is 21.3. The molecule has 0 saturated carbocycles. The molecule has 1 aliphatic heterocycles. The number of carbonyl (C=O) groups is 1. The second-order valence-corrected chi connectivity index (χ2v) is 5.74. The standard InChI is InChI=1S/C16H25N3O2/c1-3-18-8-9-19(11-12(18)2)16(21)15(17)10-13-4-6-14(20)7-5-13/h4-7,12,15,20H,3,8-11,17H2,1-2H3/t12?,15-/m0/s1. The van der Waals surface area contributed by atoms with E-state index >= 15 is 0 Å².